The summed E-state index contributed by atoms with van der Waals surface area (Å²) in [6.45, 7) is 4.00. The minimum absolute atomic E-state index is 0.752. The molecule has 1 aromatic rings. The molecule has 1 fully saturated rings. The number of hydrogen-bond donors (Lipinski definition) is 2. The number of hydrazine groups is 1. The van der Waals surface area contributed by atoms with Gasteiger partial charge in [-0.2, -0.15) is 11.8 Å². The average Bonchev–Trinajstić information content (AvgIpc) is 2.41. The first-order valence-electron chi connectivity index (χ1n) is 6.63. The minimum Gasteiger partial charge on any atom is -0.308 e. The predicted octanol–water partition coefficient (Wildman–Crippen LogP) is 2.94. The SMILES string of the molecule is Cc1nc(CSC2CCCCC2)nc(NN)c1C. The Bertz CT molecular complexity index is 402. The third kappa shape index (κ3) is 3.36. The summed E-state index contributed by atoms with van der Waals surface area (Å²) in [4.78, 5) is 9.01. The number of aromatic nitrogens is 2. The highest BCUT2D eigenvalue weighted by Gasteiger charge is 2.15. The summed E-state index contributed by atoms with van der Waals surface area (Å²) in [5, 5.41) is 0.790. The second kappa shape index (κ2) is 6.38. The van der Waals surface area contributed by atoms with Crippen LogP contribution < -0.4 is 11.3 Å². The van der Waals surface area contributed by atoms with Crippen LogP contribution in [0.15, 0.2) is 0 Å². The van der Waals surface area contributed by atoms with Crippen molar-refractivity contribution in [3.05, 3.63) is 17.1 Å². The molecule has 4 nitrogen and oxygen atoms in total. The van der Waals surface area contributed by atoms with Gasteiger partial charge in [-0.25, -0.2) is 15.8 Å². The molecule has 0 amide bonds. The van der Waals surface area contributed by atoms with Crippen LogP contribution in [0.25, 0.3) is 0 Å². The second-order valence-corrected chi connectivity index (χ2v) is 6.20. The van der Waals surface area contributed by atoms with E-state index in [1.165, 1.54) is 32.1 Å². The number of nitrogen functional groups attached to an aromatic ring is 1. The molecule has 0 unspecified atom stereocenters. The van der Waals surface area contributed by atoms with Gasteiger partial charge in [0.1, 0.15) is 11.6 Å². The Balaban J connectivity index is 1.98. The highest BCUT2D eigenvalue weighted by molar-refractivity contribution is 7.99. The predicted molar refractivity (Wildman–Crippen MR) is 77.5 cm³/mol. The number of aryl methyl sites for hydroxylation is 1. The van der Waals surface area contributed by atoms with Crippen molar-refractivity contribution in [1.82, 2.24) is 9.97 Å². The van der Waals surface area contributed by atoms with Gasteiger partial charge in [0.15, 0.2) is 0 Å². The molecule has 5 heteroatoms. The van der Waals surface area contributed by atoms with Crippen LogP contribution in [0.4, 0.5) is 5.82 Å². The van der Waals surface area contributed by atoms with E-state index >= 15 is 0 Å². The lowest BCUT2D eigenvalue weighted by atomic mass is 10.0. The highest BCUT2D eigenvalue weighted by Crippen LogP contribution is 2.30. The molecule has 0 aromatic carbocycles. The second-order valence-electron chi connectivity index (χ2n) is 4.91. The summed E-state index contributed by atoms with van der Waals surface area (Å²) in [7, 11) is 0. The van der Waals surface area contributed by atoms with Crippen LogP contribution in [0, 0.1) is 13.8 Å². The maximum Gasteiger partial charge on any atom is 0.146 e. The van der Waals surface area contributed by atoms with Crippen LogP contribution in [0.2, 0.25) is 0 Å². The molecule has 3 N–H and O–H groups in total. The van der Waals surface area contributed by atoms with E-state index in [4.69, 9.17) is 5.84 Å². The molecule has 0 bridgehead atoms. The van der Waals surface area contributed by atoms with Crippen molar-refractivity contribution in [3.8, 4) is 0 Å². The Morgan fingerprint density at radius 3 is 2.61 bits per heavy atom. The van der Waals surface area contributed by atoms with Crippen LogP contribution in [0.5, 0.6) is 0 Å². The van der Waals surface area contributed by atoms with E-state index in [0.29, 0.717) is 0 Å². The molecule has 0 aliphatic heterocycles. The number of nitrogens with one attached hydrogen (secondary N) is 1. The molecule has 0 spiro atoms. The van der Waals surface area contributed by atoms with E-state index in [-0.39, 0.29) is 0 Å². The van der Waals surface area contributed by atoms with Gasteiger partial charge in [-0.15, -0.1) is 0 Å². The first kappa shape index (κ1) is 13.6. The fourth-order valence-corrected chi connectivity index (χ4v) is 3.50. The lowest BCUT2D eigenvalue weighted by Crippen LogP contribution is -2.14. The van der Waals surface area contributed by atoms with E-state index in [9.17, 15) is 0 Å². The molecule has 1 aliphatic carbocycles. The Hall–Kier alpha value is -0.810. The van der Waals surface area contributed by atoms with Crippen molar-refractivity contribution in [2.75, 3.05) is 5.43 Å². The zero-order valence-corrected chi connectivity index (χ0v) is 12.0. The van der Waals surface area contributed by atoms with E-state index in [0.717, 1.165) is 33.9 Å². The molecule has 2 rings (SSSR count). The number of anilines is 1. The average molecular weight is 266 g/mol. The topological polar surface area (TPSA) is 63.8 Å². The summed E-state index contributed by atoms with van der Waals surface area (Å²) >= 11 is 1.99. The zero-order valence-electron chi connectivity index (χ0n) is 11.2. The lowest BCUT2D eigenvalue weighted by Gasteiger charge is -2.20. The van der Waals surface area contributed by atoms with Crippen molar-refractivity contribution >= 4 is 17.6 Å². The number of rotatable bonds is 4. The quantitative estimate of drug-likeness (QED) is 0.648. The molecule has 1 heterocycles. The largest absolute Gasteiger partial charge is 0.308 e. The first-order valence-corrected chi connectivity index (χ1v) is 7.68. The summed E-state index contributed by atoms with van der Waals surface area (Å²) < 4.78 is 0. The van der Waals surface area contributed by atoms with Crippen molar-refractivity contribution in [1.29, 1.82) is 0 Å². The smallest absolute Gasteiger partial charge is 0.146 e. The fourth-order valence-electron chi connectivity index (χ4n) is 2.32. The fraction of sp³-hybridized carbons (Fsp3) is 0.692. The molecule has 1 aromatic heterocycles. The first-order chi connectivity index (χ1) is 8.70. The molecule has 0 atom stereocenters. The van der Waals surface area contributed by atoms with Crippen molar-refractivity contribution in [2.45, 2.75) is 57.0 Å². The summed E-state index contributed by atoms with van der Waals surface area (Å²) in [5.41, 5.74) is 4.70. The van der Waals surface area contributed by atoms with Gasteiger partial charge in [-0.05, 0) is 26.7 Å². The van der Waals surface area contributed by atoms with Gasteiger partial charge in [0, 0.05) is 16.5 Å². The summed E-state index contributed by atoms with van der Waals surface area (Å²) in [6.07, 6.45) is 6.84. The number of hydrogen-bond acceptors (Lipinski definition) is 5. The summed E-state index contributed by atoms with van der Waals surface area (Å²) in [6, 6.07) is 0. The molecule has 1 aliphatic rings. The van der Waals surface area contributed by atoms with Gasteiger partial charge in [-0.3, -0.25) is 0 Å². The van der Waals surface area contributed by atoms with Gasteiger partial charge in [0.05, 0.1) is 5.75 Å². The van der Waals surface area contributed by atoms with Crippen LogP contribution in [0.3, 0.4) is 0 Å². The van der Waals surface area contributed by atoms with E-state index < -0.39 is 0 Å². The summed E-state index contributed by atoms with van der Waals surface area (Å²) in [5.74, 6) is 8.01. The molecule has 0 radical (unpaired) electrons. The van der Waals surface area contributed by atoms with Crippen LogP contribution in [0.1, 0.15) is 49.2 Å². The Morgan fingerprint density at radius 1 is 1.22 bits per heavy atom. The minimum atomic E-state index is 0.752. The van der Waals surface area contributed by atoms with Crippen LogP contribution >= 0.6 is 11.8 Å². The monoisotopic (exact) mass is 266 g/mol. The van der Waals surface area contributed by atoms with Gasteiger partial charge in [0.25, 0.3) is 0 Å². The maximum absolute atomic E-state index is 5.48. The zero-order chi connectivity index (χ0) is 13.0. The van der Waals surface area contributed by atoms with Crippen LogP contribution in [-0.4, -0.2) is 15.2 Å². The van der Waals surface area contributed by atoms with Gasteiger partial charge in [-0.1, -0.05) is 19.3 Å². The Labute approximate surface area is 113 Å². The highest BCUT2D eigenvalue weighted by atomic mass is 32.2. The van der Waals surface area contributed by atoms with E-state index in [1.54, 1.807) is 0 Å². The third-order valence-electron chi connectivity index (χ3n) is 3.57. The van der Waals surface area contributed by atoms with Crippen LogP contribution in [-0.2, 0) is 5.75 Å². The molecule has 0 saturated heterocycles. The van der Waals surface area contributed by atoms with Gasteiger partial charge >= 0.3 is 0 Å². The standard InChI is InChI=1S/C13H22N4S/c1-9-10(2)15-12(16-13(9)17-14)8-18-11-6-4-3-5-7-11/h11H,3-8,14H2,1-2H3,(H,15,16,17). The lowest BCUT2D eigenvalue weighted by molar-refractivity contribution is 0.516. The van der Waals surface area contributed by atoms with Gasteiger partial charge < -0.3 is 5.43 Å². The van der Waals surface area contributed by atoms with Crippen molar-refractivity contribution in [3.63, 3.8) is 0 Å². The van der Waals surface area contributed by atoms with E-state index in [1.807, 2.05) is 25.6 Å². The Morgan fingerprint density at radius 2 is 1.94 bits per heavy atom. The molecule has 1 saturated carbocycles. The molecular formula is C13H22N4S. The maximum atomic E-state index is 5.48. The number of nitrogens with zero attached hydrogens (tertiary/aromatic N) is 2. The molecular weight excluding hydrogens is 244 g/mol. The van der Waals surface area contributed by atoms with Crippen molar-refractivity contribution < 1.29 is 0 Å². The third-order valence-corrected chi connectivity index (χ3v) is 4.94. The molecule has 100 valence electrons. The molecule has 18 heavy (non-hydrogen) atoms. The Kier molecular flexibility index (Phi) is 4.83. The van der Waals surface area contributed by atoms with Crippen molar-refractivity contribution in [2.24, 2.45) is 5.84 Å². The normalized spacial score (nSPS) is 16.8. The van der Waals surface area contributed by atoms with E-state index in [2.05, 4.69) is 15.4 Å². The van der Waals surface area contributed by atoms with Gasteiger partial charge in [0.2, 0.25) is 0 Å². The number of thioether (sulfide) groups is 1. The number of nitrogens with two attached hydrogens (primary N) is 1.